The van der Waals surface area contributed by atoms with E-state index in [2.05, 4.69) is 0 Å². The highest BCUT2D eigenvalue weighted by Gasteiger charge is 2.45. The lowest BCUT2D eigenvalue weighted by Gasteiger charge is -2.40. The number of esters is 1. The molecule has 2 aromatic carbocycles. The number of nitrogens with two attached hydrogens (primary N) is 1. The number of fused-ring (bicyclic) bond motifs is 3. The number of ketones is 3. The Bertz CT molecular complexity index is 1470. The van der Waals surface area contributed by atoms with Gasteiger partial charge in [-0.15, -0.1) is 0 Å². The molecule has 43 heavy (non-hydrogen) atoms. The normalized spacial score (nSPS) is 26.3. The number of benzene rings is 2. The van der Waals surface area contributed by atoms with E-state index in [1.54, 1.807) is 13.8 Å². The summed E-state index contributed by atoms with van der Waals surface area (Å²) in [6.45, 7) is 2.93. The average molecular weight is 598 g/mol. The van der Waals surface area contributed by atoms with Crippen molar-refractivity contribution in [2.24, 2.45) is 11.7 Å². The van der Waals surface area contributed by atoms with Crippen molar-refractivity contribution >= 4 is 23.3 Å². The van der Waals surface area contributed by atoms with Crippen LogP contribution in [0.15, 0.2) is 18.2 Å². The fraction of sp³-hybridized carbons (Fsp3) is 0.484. The highest BCUT2D eigenvalue weighted by atomic mass is 16.7. The van der Waals surface area contributed by atoms with E-state index in [9.17, 15) is 34.5 Å². The molecule has 0 spiro atoms. The number of hydrogen-bond acceptors (Lipinski definition) is 12. The van der Waals surface area contributed by atoms with Crippen LogP contribution in [-0.2, 0) is 30.2 Å². The van der Waals surface area contributed by atoms with Gasteiger partial charge in [0.05, 0.1) is 42.1 Å². The molecule has 0 aromatic heterocycles. The molecule has 3 aliphatic rings. The van der Waals surface area contributed by atoms with Gasteiger partial charge in [-0.25, -0.2) is 0 Å². The van der Waals surface area contributed by atoms with Gasteiger partial charge in [-0.05, 0) is 32.3 Å². The summed E-state index contributed by atoms with van der Waals surface area (Å²) >= 11 is 0. The summed E-state index contributed by atoms with van der Waals surface area (Å²) in [4.78, 5) is 52.6. The van der Waals surface area contributed by atoms with Crippen molar-refractivity contribution < 1.29 is 53.4 Å². The molecule has 0 saturated carbocycles. The molecule has 1 aliphatic heterocycles. The molecular formula is C31H35NO11. The van der Waals surface area contributed by atoms with Crippen molar-refractivity contribution in [2.45, 2.75) is 76.6 Å². The van der Waals surface area contributed by atoms with Crippen LogP contribution in [0.2, 0.25) is 0 Å². The summed E-state index contributed by atoms with van der Waals surface area (Å²) in [7, 11) is 1.35. The van der Waals surface area contributed by atoms with Crippen LogP contribution in [-0.4, -0.2) is 76.9 Å². The Hall–Kier alpha value is -3.84. The number of hydrogen-bond donors (Lipinski definition) is 4. The number of aliphatic hydroxyl groups excluding tert-OH is 1. The topological polar surface area (TPSA) is 192 Å². The standard InChI is InChI=1S/C31H35NO11/c1-4-6-21(34)41-12-18(33)14-9-16-24(20(10-14)43-22-11-17(32)27(35)13(2)42-22)31(39)26-25(29(16)37)28(36)15-7-5-8-19(40-3)23(15)30(26)38/h5,7-8,13-14,17,20,22,27,35,37,39H,4,6,9-12,32H2,1-3H3/t13?,14-,17?,20+,22?,27?/m1/s1. The first kappa shape index (κ1) is 30.6. The molecule has 2 aromatic rings. The first-order valence-electron chi connectivity index (χ1n) is 14.3. The highest BCUT2D eigenvalue weighted by molar-refractivity contribution is 6.31. The van der Waals surface area contributed by atoms with Gasteiger partial charge in [-0.2, -0.15) is 0 Å². The zero-order valence-corrected chi connectivity index (χ0v) is 24.1. The maximum absolute atomic E-state index is 13.8. The Labute approximate surface area is 247 Å². The van der Waals surface area contributed by atoms with Crippen LogP contribution in [0.4, 0.5) is 0 Å². The molecule has 1 fully saturated rings. The van der Waals surface area contributed by atoms with E-state index in [1.165, 1.54) is 25.3 Å². The van der Waals surface area contributed by atoms with E-state index >= 15 is 0 Å². The minimum atomic E-state index is -1.10. The zero-order chi connectivity index (χ0) is 31.2. The van der Waals surface area contributed by atoms with Gasteiger partial charge >= 0.3 is 5.97 Å². The third-order valence-electron chi connectivity index (χ3n) is 8.38. The molecule has 2 aliphatic carbocycles. The van der Waals surface area contributed by atoms with Gasteiger partial charge in [-0.3, -0.25) is 19.2 Å². The molecule has 1 saturated heterocycles. The van der Waals surface area contributed by atoms with Crippen molar-refractivity contribution in [1.82, 2.24) is 0 Å². The Morgan fingerprint density at radius 3 is 2.47 bits per heavy atom. The minimum absolute atomic E-state index is 0.00251. The van der Waals surface area contributed by atoms with Crippen LogP contribution in [0, 0.1) is 5.92 Å². The highest BCUT2D eigenvalue weighted by Crippen LogP contribution is 2.51. The number of phenolic OH excluding ortho intramolecular Hbond substituents is 2. The summed E-state index contributed by atoms with van der Waals surface area (Å²) in [5.41, 5.74) is 5.37. The third kappa shape index (κ3) is 5.40. The van der Waals surface area contributed by atoms with Gasteiger partial charge in [0.1, 0.15) is 23.9 Å². The quantitative estimate of drug-likeness (QED) is 0.219. The Morgan fingerprint density at radius 1 is 1.07 bits per heavy atom. The van der Waals surface area contributed by atoms with E-state index < -0.39 is 83.6 Å². The lowest BCUT2D eigenvalue weighted by Crippen LogP contribution is -2.52. The van der Waals surface area contributed by atoms with Crippen LogP contribution in [0.5, 0.6) is 17.2 Å². The predicted molar refractivity (Wildman–Crippen MR) is 149 cm³/mol. The molecule has 5 rings (SSSR count). The molecule has 5 N–H and O–H groups in total. The van der Waals surface area contributed by atoms with E-state index in [4.69, 9.17) is 24.7 Å². The smallest absolute Gasteiger partial charge is 0.306 e. The number of rotatable bonds is 8. The monoisotopic (exact) mass is 597 g/mol. The molecule has 12 heteroatoms. The number of carbonyl (C=O) groups is 4. The van der Waals surface area contributed by atoms with Crippen LogP contribution >= 0.6 is 0 Å². The minimum Gasteiger partial charge on any atom is -0.507 e. The second-order valence-electron chi connectivity index (χ2n) is 11.2. The Balaban J connectivity index is 1.59. The molecule has 0 bridgehead atoms. The van der Waals surface area contributed by atoms with Crippen molar-refractivity contribution in [3.05, 3.63) is 51.6 Å². The molecular weight excluding hydrogens is 562 g/mol. The number of aromatic hydroxyl groups is 2. The van der Waals surface area contributed by atoms with Crippen LogP contribution in [0.25, 0.3) is 0 Å². The van der Waals surface area contributed by atoms with Gasteiger partial charge < -0.3 is 40.0 Å². The molecule has 230 valence electrons. The largest absolute Gasteiger partial charge is 0.507 e. The summed E-state index contributed by atoms with van der Waals surface area (Å²) in [6, 6.07) is 3.80. The summed E-state index contributed by atoms with van der Waals surface area (Å²) < 4.78 is 22.5. The molecule has 0 radical (unpaired) electrons. The van der Waals surface area contributed by atoms with Gasteiger partial charge in [0.15, 0.2) is 17.9 Å². The number of carbonyl (C=O) groups excluding carboxylic acids is 4. The second-order valence-corrected chi connectivity index (χ2v) is 11.2. The fourth-order valence-electron chi connectivity index (χ4n) is 6.15. The molecule has 1 heterocycles. The zero-order valence-electron chi connectivity index (χ0n) is 24.1. The average Bonchev–Trinajstić information content (AvgIpc) is 2.98. The van der Waals surface area contributed by atoms with E-state index in [0.29, 0.717) is 6.42 Å². The molecule has 4 unspecified atom stereocenters. The summed E-state index contributed by atoms with van der Waals surface area (Å²) in [6.07, 6.45) is -3.01. The first-order chi connectivity index (χ1) is 20.5. The van der Waals surface area contributed by atoms with E-state index in [1.807, 2.05) is 0 Å². The summed E-state index contributed by atoms with van der Waals surface area (Å²) in [5, 5.41) is 33.4. The lowest BCUT2D eigenvalue weighted by molar-refractivity contribution is -0.243. The molecule has 0 amide bonds. The number of methoxy groups -OCH3 is 1. The first-order valence-corrected chi connectivity index (χ1v) is 14.3. The van der Waals surface area contributed by atoms with E-state index in [0.717, 1.165) is 0 Å². The fourth-order valence-corrected chi connectivity index (χ4v) is 6.15. The third-order valence-corrected chi connectivity index (χ3v) is 8.38. The SMILES string of the molecule is CCCC(=O)OCC(=O)[C@@H]1Cc2c(O)c3c(c(O)c2[C@@H](OC2CC(N)C(O)C(C)O2)C1)C(=O)c1c(OC)cccc1C3=O. The molecule has 12 nitrogen and oxygen atoms in total. The van der Waals surface area contributed by atoms with E-state index in [-0.39, 0.29) is 59.3 Å². The maximum atomic E-state index is 13.8. The van der Waals surface area contributed by atoms with Gasteiger partial charge in [0.25, 0.3) is 0 Å². The van der Waals surface area contributed by atoms with Crippen LogP contribution < -0.4 is 10.5 Å². The van der Waals surface area contributed by atoms with Gasteiger partial charge in [0.2, 0.25) is 5.78 Å². The van der Waals surface area contributed by atoms with Crippen molar-refractivity contribution in [2.75, 3.05) is 13.7 Å². The Kier molecular flexibility index (Phi) is 8.57. The number of ether oxygens (including phenoxy) is 4. The van der Waals surface area contributed by atoms with Crippen molar-refractivity contribution in [3.63, 3.8) is 0 Å². The second kappa shape index (κ2) is 12.0. The van der Waals surface area contributed by atoms with Crippen LogP contribution in [0.1, 0.15) is 88.6 Å². The van der Waals surface area contributed by atoms with Crippen molar-refractivity contribution in [3.8, 4) is 17.2 Å². The lowest BCUT2D eigenvalue weighted by atomic mass is 9.73. The Morgan fingerprint density at radius 2 is 1.79 bits per heavy atom. The predicted octanol–water partition coefficient (Wildman–Crippen LogP) is 2.24. The summed E-state index contributed by atoms with van der Waals surface area (Å²) in [5.74, 6) is -4.19. The van der Waals surface area contributed by atoms with Gasteiger partial charge in [0, 0.05) is 41.5 Å². The van der Waals surface area contributed by atoms with Gasteiger partial charge in [-0.1, -0.05) is 19.1 Å². The molecule has 6 atom stereocenters. The maximum Gasteiger partial charge on any atom is 0.306 e. The van der Waals surface area contributed by atoms with Crippen molar-refractivity contribution in [1.29, 1.82) is 0 Å². The number of Topliss-reactive ketones (excluding diaryl/α,β-unsaturated/α-hetero) is 1. The number of phenols is 2. The van der Waals surface area contributed by atoms with Crippen LogP contribution in [0.3, 0.4) is 0 Å². The number of aliphatic hydroxyl groups is 1.